The number of alkyl halides is 3. The van der Waals surface area contributed by atoms with E-state index in [1.54, 1.807) is 13.8 Å². The molecule has 0 saturated carbocycles. The van der Waals surface area contributed by atoms with Gasteiger partial charge in [-0.15, -0.1) is 0 Å². The number of carbonyl (C=O) groups is 1. The highest BCUT2D eigenvalue weighted by atomic mass is 79.9. The Balaban J connectivity index is 1.78. The van der Waals surface area contributed by atoms with Crippen molar-refractivity contribution in [2.75, 3.05) is 31.5 Å². The molecule has 0 aromatic heterocycles. The summed E-state index contributed by atoms with van der Waals surface area (Å²) >= 11 is 3.04. The van der Waals surface area contributed by atoms with E-state index < -0.39 is 27.0 Å². The van der Waals surface area contributed by atoms with Crippen molar-refractivity contribution in [1.82, 2.24) is 9.62 Å². The van der Waals surface area contributed by atoms with Crippen LogP contribution in [-0.2, 0) is 21.0 Å². The lowest BCUT2D eigenvalue weighted by Gasteiger charge is -2.31. The Morgan fingerprint density at radius 3 is 2.43 bits per heavy atom. The maximum Gasteiger partial charge on any atom is 0.416 e. The topological polar surface area (TPSA) is 78.5 Å². The summed E-state index contributed by atoms with van der Waals surface area (Å²) in [5.41, 5.74) is -0.717. The summed E-state index contributed by atoms with van der Waals surface area (Å²) in [4.78, 5) is 14.4. The lowest BCUT2D eigenvalue weighted by molar-refractivity contribution is -0.137. The van der Waals surface area contributed by atoms with Gasteiger partial charge in [0.05, 0.1) is 10.8 Å². The Kier molecular flexibility index (Phi) is 8.72. The minimum atomic E-state index is -4.49. The van der Waals surface area contributed by atoms with E-state index >= 15 is 0 Å². The van der Waals surface area contributed by atoms with Gasteiger partial charge in [-0.05, 0) is 63.9 Å². The minimum absolute atomic E-state index is 0.108. The Bertz CT molecular complexity index is 839. The van der Waals surface area contributed by atoms with E-state index in [0.29, 0.717) is 13.1 Å². The number of hydrogen-bond acceptors (Lipinski definition) is 4. The molecule has 2 N–H and O–H groups in total. The van der Waals surface area contributed by atoms with Gasteiger partial charge in [-0.1, -0.05) is 15.9 Å². The van der Waals surface area contributed by atoms with Crippen LogP contribution in [0.15, 0.2) is 22.7 Å². The van der Waals surface area contributed by atoms with Crippen LogP contribution in [0.2, 0.25) is 0 Å². The summed E-state index contributed by atoms with van der Waals surface area (Å²) in [5.74, 6) is -0.174. The number of rotatable bonds is 8. The number of benzene rings is 1. The van der Waals surface area contributed by atoms with Crippen molar-refractivity contribution in [2.24, 2.45) is 5.92 Å². The van der Waals surface area contributed by atoms with Gasteiger partial charge in [-0.3, -0.25) is 4.79 Å². The van der Waals surface area contributed by atoms with Gasteiger partial charge in [0, 0.05) is 29.7 Å². The van der Waals surface area contributed by atoms with E-state index in [1.165, 1.54) is 6.07 Å². The second kappa shape index (κ2) is 10.4. The van der Waals surface area contributed by atoms with Crippen molar-refractivity contribution in [1.29, 1.82) is 0 Å². The average Bonchev–Trinajstić information content (AvgIpc) is 2.61. The quantitative estimate of drug-likeness (QED) is 0.553. The Hall–Kier alpha value is -1.17. The second-order valence-corrected chi connectivity index (χ2v) is 11.0. The van der Waals surface area contributed by atoms with Crippen LogP contribution in [0.5, 0.6) is 0 Å². The van der Waals surface area contributed by atoms with Gasteiger partial charge in [0.2, 0.25) is 15.9 Å². The number of carbonyl (C=O) groups excluding carboxylic acids is 1. The van der Waals surface area contributed by atoms with Crippen molar-refractivity contribution < 1.29 is 26.4 Å². The van der Waals surface area contributed by atoms with Crippen molar-refractivity contribution in [3.63, 3.8) is 0 Å². The maximum atomic E-state index is 12.9. The molecule has 2 rings (SSSR count). The Morgan fingerprint density at radius 1 is 1.23 bits per heavy atom. The molecule has 11 heteroatoms. The number of hydrogen-bond donors (Lipinski definition) is 2. The monoisotopic (exact) mass is 513 g/mol. The molecule has 0 unspecified atom stereocenters. The normalized spacial score (nSPS) is 16.8. The average molecular weight is 514 g/mol. The third kappa shape index (κ3) is 7.82. The summed E-state index contributed by atoms with van der Waals surface area (Å²) in [7, 11) is -3.27. The molecule has 6 nitrogen and oxygen atoms in total. The first-order valence-electron chi connectivity index (χ1n) is 9.75. The van der Waals surface area contributed by atoms with Gasteiger partial charge in [0.25, 0.3) is 0 Å². The molecule has 1 saturated heterocycles. The Morgan fingerprint density at radius 2 is 1.87 bits per heavy atom. The smallest absolute Gasteiger partial charge is 0.326 e. The van der Waals surface area contributed by atoms with Gasteiger partial charge >= 0.3 is 6.18 Å². The highest BCUT2D eigenvalue weighted by Crippen LogP contribution is 2.33. The predicted octanol–water partition coefficient (Wildman–Crippen LogP) is 3.84. The molecule has 0 spiro atoms. The Labute approximate surface area is 183 Å². The van der Waals surface area contributed by atoms with Crippen molar-refractivity contribution in [3.8, 4) is 0 Å². The highest BCUT2D eigenvalue weighted by molar-refractivity contribution is 9.10. The fraction of sp³-hybridized carbons (Fsp3) is 0.632. The first kappa shape index (κ1) is 25.1. The summed E-state index contributed by atoms with van der Waals surface area (Å²) < 4.78 is 65.1. The van der Waals surface area contributed by atoms with Gasteiger partial charge in [0.15, 0.2) is 0 Å². The molecule has 1 amide bonds. The predicted molar refractivity (Wildman–Crippen MR) is 114 cm³/mol. The van der Waals surface area contributed by atoms with Gasteiger partial charge in [-0.2, -0.15) is 13.2 Å². The maximum absolute atomic E-state index is 12.9. The van der Waals surface area contributed by atoms with Crippen LogP contribution in [0.3, 0.4) is 0 Å². The molecule has 0 atom stereocenters. The van der Waals surface area contributed by atoms with Gasteiger partial charge in [-0.25, -0.2) is 13.1 Å². The first-order chi connectivity index (χ1) is 13.9. The lowest BCUT2D eigenvalue weighted by atomic mass is 9.93. The molecule has 1 heterocycles. The molecule has 1 aliphatic rings. The van der Waals surface area contributed by atoms with Gasteiger partial charge in [0.1, 0.15) is 0 Å². The zero-order chi connectivity index (χ0) is 22.5. The van der Waals surface area contributed by atoms with Crippen LogP contribution in [0.25, 0.3) is 0 Å². The number of piperidine rings is 1. The molecule has 1 aromatic rings. The molecule has 30 heavy (non-hydrogen) atoms. The SMILES string of the molecule is CC(C)S(=O)(=O)NCCN1CCC(CC(=O)Nc2cc(Br)cc(C(F)(F)F)c2)CC1. The van der Waals surface area contributed by atoms with E-state index in [0.717, 1.165) is 38.1 Å². The first-order valence-corrected chi connectivity index (χ1v) is 12.1. The second-order valence-electron chi connectivity index (χ2n) is 7.75. The highest BCUT2D eigenvalue weighted by Gasteiger charge is 2.31. The summed E-state index contributed by atoms with van der Waals surface area (Å²) in [6, 6.07) is 3.32. The number of amides is 1. The zero-order valence-electron chi connectivity index (χ0n) is 16.9. The number of nitrogens with one attached hydrogen (secondary N) is 2. The third-order valence-electron chi connectivity index (χ3n) is 5.04. The van der Waals surface area contributed by atoms with Crippen LogP contribution in [0, 0.1) is 5.92 Å². The molecule has 1 fully saturated rings. The van der Waals surface area contributed by atoms with E-state index in [4.69, 9.17) is 0 Å². The van der Waals surface area contributed by atoms with Crippen LogP contribution in [-0.4, -0.2) is 50.7 Å². The number of nitrogens with zero attached hydrogens (tertiary/aromatic N) is 1. The standard InChI is InChI=1S/C19H27BrF3N3O3S/c1-13(2)30(28,29)24-5-8-26-6-3-14(4-7-26)9-18(27)25-17-11-15(19(21,22)23)10-16(20)12-17/h10-14,24H,3-9H2,1-2H3,(H,25,27). The molecule has 0 bridgehead atoms. The van der Waals surface area contributed by atoms with Crippen molar-refractivity contribution >= 4 is 37.5 Å². The lowest BCUT2D eigenvalue weighted by Crippen LogP contribution is -2.41. The molecule has 1 aliphatic heterocycles. The summed E-state index contributed by atoms with van der Waals surface area (Å²) in [6.45, 7) is 5.68. The minimum Gasteiger partial charge on any atom is -0.326 e. The summed E-state index contributed by atoms with van der Waals surface area (Å²) in [6.07, 6.45) is -2.70. The molecular formula is C19H27BrF3N3O3S. The number of anilines is 1. The van der Waals surface area contributed by atoms with E-state index in [-0.39, 0.29) is 28.4 Å². The van der Waals surface area contributed by atoms with Crippen molar-refractivity contribution in [3.05, 3.63) is 28.2 Å². The van der Waals surface area contributed by atoms with Crippen LogP contribution in [0.1, 0.15) is 38.7 Å². The van der Waals surface area contributed by atoms with E-state index in [2.05, 4.69) is 30.9 Å². The fourth-order valence-corrected chi connectivity index (χ4v) is 4.43. The molecule has 0 radical (unpaired) electrons. The molecule has 0 aliphatic carbocycles. The zero-order valence-corrected chi connectivity index (χ0v) is 19.3. The van der Waals surface area contributed by atoms with Crippen LogP contribution in [0.4, 0.5) is 18.9 Å². The molecule has 170 valence electrons. The molecule has 1 aromatic carbocycles. The van der Waals surface area contributed by atoms with Crippen LogP contribution >= 0.6 is 15.9 Å². The molecular weight excluding hydrogens is 487 g/mol. The summed E-state index contributed by atoms with van der Waals surface area (Å²) in [5, 5.41) is 2.08. The number of likely N-dealkylation sites (tertiary alicyclic amines) is 1. The fourth-order valence-electron chi connectivity index (χ4n) is 3.23. The third-order valence-corrected chi connectivity index (χ3v) is 7.35. The van der Waals surface area contributed by atoms with Crippen LogP contribution < -0.4 is 10.0 Å². The largest absolute Gasteiger partial charge is 0.416 e. The van der Waals surface area contributed by atoms with Crippen molar-refractivity contribution in [2.45, 2.75) is 44.5 Å². The number of sulfonamides is 1. The van der Waals surface area contributed by atoms with E-state index in [1.807, 2.05) is 0 Å². The van der Waals surface area contributed by atoms with E-state index in [9.17, 15) is 26.4 Å². The van der Waals surface area contributed by atoms with Gasteiger partial charge < -0.3 is 10.2 Å². The number of halogens is 4.